The van der Waals surface area contributed by atoms with Crippen LogP contribution in [0.4, 0.5) is 11.4 Å². The van der Waals surface area contributed by atoms with E-state index in [0.29, 0.717) is 11.3 Å². The lowest BCUT2D eigenvalue weighted by Gasteiger charge is -2.46. The SMILES string of the molecule is CC1(C)Oc2cc(N)c([N+](=O)[O-])cc2[C@H](N2CCCC2)[C@H]1OS(C)(=O)=O. The van der Waals surface area contributed by atoms with E-state index in [9.17, 15) is 18.5 Å². The van der Waals surface area contributed by atoms with Crippen LogP contribution in [0.5, 0.6) is 5.75 Å². The molecule has 9 nitrogen and oxygen atoms in total. The van der Waals surface area contributed by atoms with E-state index in [-0.39, 0.29) is 11.4 Å². The fraction of sp³-hybridized carbons (Fsp3) is 0.625. The van der Waals surface area contributed by atoms with Gasteiger partial charge < -0.3 is 10.5 Å². The summed E-state index contributed by atoms with van der Waals surface area (Å²) in [4.78, 5) is 12.9. The molecule has 3 rings (SSSR count). The fourth-order valence-electron chi connectivity index (χ4n) is 3.73. The van der Waals surface area contributed by atoms with Gasteiger partial charge in [0.05, 0.1) is 17.2 Å². The van der Waals surface area contributed by atoms with Crippen LogP contribution >= 0.6 is 0 Å². The Labute approximate surface area is 152 Å². The number of hydrogen-bond donors (Lipinski definition) is 1. The van der Waals surface area contributed by atoms with Crippen LogP contribution in [0.25, 0.3) is 0 Å². The van der Waals surface area contributed by atoms with Gasteiger partial charge in [0.15, 0.2) is 0 Å². The lowest BCUT2D eigenvalue weighted by atomic mass is 9.85. The van der Waals surface area contributed by atoms with Crippen molar-refractivity contribution in [2.24, 2.45) is 0 Å². The number of anilines is 1. The van der Waals surface area contributed by atoms with E-state index in [1.54, 1.807) is 13.8 Å². The first-order valence-corrected chi connectivity index (χ1v) is 10.2. The van der Waals surface area contributed by atoms with E-state index < -0.39 is 32.8 Å². The normalized spacial score (nSPS) is 25.5. The molecular weight excluding hydrogens is 362 g/mol. The number of fused-ring (bicyclic) bond motifs is 1. The molecule has 10 heteroatoms. The van der Waals surface area contributed by atoms with Crippen molar-refractivity contribution >= 4 is 21.5 Å². The van der Waals surface area contributed by atoms with Gasteiger partial charge in [-0.05, 0) is 39.8 Å². The zero-order chi connectivity index (χ0) is 19.3. The quantitative estimate of drug-likeness (QED) is 0.360. The summed E-state index contributed by atoms with van der Waals surface area (Å²) in [5.74, 6) is 0.420. The number of hydrogen-bond acceptors (Lipinski definition) is 8. The monoisotopic (exact) mass is 385 g/mol. The molecule has 0 bridgehead atoms. The molecule has 0 amide bonds. The van der Waals surface area contributed by atoms with E-state index >= 15 is 0 Å². The predicted molar refractivity (Wildman–Crippen MR) is 95.5 cm³/mol. The van der Waals surface area contributed by atoms with Crippen LogP contribution in [0, 0.1) is 10.1 Å². The largest absolute Gasteiger partial charge is 0.485 e. The molecule has 1 aromatic carbocycles. The Bertz CT molecular complexity index is 833. The number of likely N-dealkylation sites (tertiary alicyclic amines) is 1. The average molecular weight is 385 g/mol. The minimum absolute atomic E-state index is 0.00667. The summed E-state index contributed by atoms with van der Waals surface area (Å²) in [6, 6.07) is 2.33. The molecule has 0 aromatic heterocycles. The van der Waals surface area contributed by atoms with Gasteiger partial charge >= 0.3 is 0 Å². The number of benzene rings is 1. The van der Waals surface area contributed by atoms with Crippen molar-refractivity contribution in [2.75, 3.05) is 25.1 Å². The van der Waals surface area contributed by atoms with E-state index in [2.05, 4.69) is 4.90 Å². The van der Waals surface area contributed by atoms with E-state index in [0.717, 1.165) is 32.2 Å². The fourth-order valence-corrected chi connectivity index (χ4v) is 4.44. The molecule has 1 aromatic rings. The Morgan fingerprint density at radius 1 is 1.35 bits per heavy atom. The lowest BCUT2D eigenvalue weighted by molar-refractivity contribution is -0.384. The van der Waals surface area contributed by atoms with Crippen LogP contribution in [0.3, 0.4) is 0 Å². The summed E-state index contributed by atoms with van der Waals surface area (Å²) in [7, 11) is -3.76. The standard InChI is InChI=1S/C16H23N3O6S/c1-16(2)15(25-26(3,22)23)14(18-6-4-5-7-18)10-8-12(19(20)21)11(17)9-13(10)24-16/h8-9,14-15H,4-7,17H2,1-3H3/t14-,15+/m0/s1. The smallest absolute Gasteiger partial charge is 0.292 e. The number of nitrogens with two attached hydrogens (primary N) is 1. The number of rotatable bonds is 4. The predicted octanol–water partition coefficient (Wildman–Crippen LogP) is 1.83. The number of ether oxygens (including phenoxy) is 1. The molecule has 2 N–H and O–H groups in total. The zero-order valence-electron chi connectivity index (χ0n) is 15.0. The summed E-state index contributed by atoms with van der Waals surface area (Å²) in [5, 5.41) is 11.3. The van der Waals surface area contributed by atoms with Gasteiger partial charge in [-0.25, -0.2) is 0 Å². The second-order valence-corrected chi connectivity index (χ2v) is 8.92. The van der Waals surface area contributed by atoms with Crippen molar-refractivity contribution in [3.63, 3.8) is 0 Å². The van der Waals surface area contributed by atoms with Crippen LogP contribution in [0.15, 0.2) is 12.1 Å². The lowest BCUT2D eigenvalue weighted by Crippen LogP contribution is -2.55. The van der Waals surface area contributed by atoms with Crippen LogP contribution < -0.4 is 10.5 Å². The van der Waals surface area contributed by atoms with E-state index in [1.807, 2.05) is 0 Å². The maximum absolute atomic E-state index is 11.9. The first-order chi connectivity index (χ1) is 12.0. The molecular formula is C16H23N3O6S. The minimum atomic E-state index is -3.76. The topological polar surface area (TPSA) is 125 Å². The molecule has 0 saturated carbocycles. The molecule has 2 aliphatic rings. The van der Waals surface area contributed by atoms with Crippen molar-refractivity contribution in [1.29, 1.82) is 0 Å². The average Bonchev–Trinajstić information content (AvgIpc) is 2.99. The molecule has 0 unspecified atom stereocenters. The Morgan fingerprint density at radius 2 is 1.96 bits per heavy atom. The maximum Gasteiger partial charge on any atom is 0.292 e. The second kappa shape index (κ2) is 6.36. The van der Waals surface area contributed by atoms with Gasteiger partial charge in [0.25, 0.3) is 15.8 Å². The Balaban J connectivity index is 2.18. The molecule has 1 fully saturated rings. The van der Waals surface area contributed by atoms with Gasteiger partial charge in [0, 0.05) is 17.7 Å². The van der Waals surface area contributed by atoms with Gasteiger partial charge in [0.2, 0.25) is 0 Å². The molecule has 0 aliphatic carbocycles. The van der Waals surface area contributed by atoms with E-state index in [1.165, 1.54) is 12.1 Å². The minimum Gasteiger partial charge on any atom is -0.485 e. The molecule has 2 aliphatic heterocycles. The Morgan fingerprint density at radius 3 is 2.50 bits per heavy atom. The van der Waals surface area contributed by atoms with Gasteiger partial charge in [-0.3, -0.25) is 19.2 Å². The third-order valence-electron chi connectivity index (χ3n) is 4.83. The van der Waals surface area contributed by atoms with Crippen molar-refractivity contribution < 1.29 is 22.3 Å². The second-order valence-electron chi connectivity index (χ2n) is 7.32. The number of nitrogen functional groups attached to an aromatic ring is 1. The molecule has 0 spiro atoms. The highest BCUT2D eigenvalue weighted by Gasteiger charge is 2.50. The van der Waals surface area contributed by atoms with Gasteiger partial charge in [-0.2, -0.15) is 8.42 Å². The summed E-state index contributed by atoms with van der Waals surface area (Å²) in [5.41, 5.74) is 5.15. The summed E-state index contributed by atoms with van der Waals surface area (Å²) in [6.07, 6.45) is 2.09. The first-order valence-electron chi connectivity index (χ1n) is 8.39. The summed E-state index contributed by atoms with van der Waals surface area (Å²) >= 11 is 0. The van der Waals surface area contributed by atoms with Crippen LogP contribution in [0.1, 0.15) is 38.3 Å². The number of nitrogens with zero attached hydrogens (tertiary/aromatic N) is 2. The van der Waals surface area contributed by atoms with Crippen LogP contribution in [-0.2, 0) is 14.3 Å². The molecule has 144 valence electrons. The molecule has 26 heavy (non-hydrogen) atoms. The van der Waals surface area contributed by atoms with Gasteiger partial charge in [-0.15, -0.1) is 0 Å². The highest BCUT2D eigenvalue weighted by Crippen LogP contribution is 2.48. The molecule has 2 atom stereocenters. The van der Waals surface area contributed by atoms with Gasteiger partial charge in [0.1, 0.15) is 23.1 Å². The Kier molecular flexibility index (Phi) is 4.62. The molecule has 1 saturated heterocycles. The van der Waals surface area contributed by atoms with Crippen molar-refractivity contribution in [1.82, 2.24) is 4.90 Å². The van der Waals surface area contributed by atoms with Crippen LogP contribution in [-0.4, -0.2) is 49.3 Å². The third kappa shape index (κ3) is 3.49. The van der Waals surface area contributed by atoms with Gasteiger partial charge in [-0.1, -0.05) is 0 Å². The number of nitro benzene ring substituents is 1. The molecule has 0 radical (unpaired) electrons. The summed E-state index contributed by atoms with van der Waals surface area (Å²) < 4.78 is 35.1. The third-order valence-corrected chi connectivity index (χ3v) is 5.39. The Hall–Kier alpha value is -1.91. The van der Waals surface area contributed by atoms with Crippen molar-refractivity contribution in [3.8, 4) is 5.75 Å². The van der Waals surface area contributed by atoms with Crippen LogP contribution in [0.2, 0.25) is 0 Å². The highest BCUT2D eigenvalue weighted by molar-refractivity contribution is 7.86. The van der Waals surface area contributed by atoms with Crippen molar-refractivity contribution in [2.45, 2.75) is 44.4 Å². The number of nitro groups is 1. The zero-order valence-corrected chi connectivity index (χ0v) is 15.8. The summed E-state index contributed by atoms with van der Waals surface area (Å²) in [6.45, 7) is 4.99. The first kappa shape index (κ1) is 18.9. The van der Waals surface area contributed by atoms with E-state index in [4.69, 9.17) is 14.7 Å². The molecule has 2 heterocycles. The maximum atomic E-state index is 11.9. The van der Waals surface area contributed by atoms with Crippen molar-refractivity contribution in [3.05, 3.63) is 27.8 Å². The highest BCUT2D eigenvalue weighted by atomic mass is 32.2.